The number of aryl methyl sites for hydroxylation is 1. The minimum atomic E-state index is 0.861. The van der Waals surface area contributed by atoms with Crippen LogP contribution in [-0.4, -0.2) is 6.29 Å². The Bertz CT molecular complexity index is 424. The Kier molecular flexibility index (Phi) is 7.57. The number of benzene rings is 1. The van der Waals surface area contributed by atoms with Crippen molar-refractivity contribution in [3.05, 3.63) is 53.6 Å². The van der Waals surface area contributed by atoms with E-state index in [4.69, 9.17) is 0 Å². The molecular formula is C18H24O. The van der Waals surface area contributed by atoms with Crippen LogP contribution in [0.15, 0.2) is 42.5 Å². The van der Waals surface area contributed by atoms with Crippen molar-refractivity contribution in [2.24, 2.45) is 0 Å². The smallest absolute Gasteiger partial charge is 0.143 e. The van der Waals surface area contributed by atoms with Gasteiger partial charge < -0.3 is 0 Å². The van der Waals surface area contributed by atoms with Gasteiger partial charge in [-0.1, -0.05) is 63.1 Å². The van der Waals surface area contributed by atoms with Gasteiger partial charge in [0.25, 0.3) is 0 Å². The van der Waals surface area contributed by atoms with E-state index in [0.29, 0.717) is 0 Å². The number of unbranched alkanes of at least 4 members (excludes halogenated alkanes) is 3. The van der Waals surface area contributed by atoms with E-state index in [-0.39, 0.29) is 0 Å². The van der Waals surface area contributed by atoms with Crippen LogP contribution in [0.4, 0.5) is 0 Å². The summed E-state index contributed by atoms with van der Waals surface area (Å²) >= 11 is 0. The highest BCUT2D eigenvalue weighted by molar-refractivity contribution is 5.86. The second kappa shape index (κ2) is 9.32. The fraction of sp³-hybridized carbons (Fsp3) is 0.389. The van der Waals surface area contributed by atoms with Crippen molar-refractivity contribution in [2.45, 2.75) is 46.0 Å². The van der Waals surface area contributed by atoms with Gasteiger partial charge in [-0.25, -0.2) is 0 Å². The molecule has 0 aliphatic rings. The summed E-state index contributed by atoms with van der Waals surface area (Å²) in [4.78, 5) is 10.7. The molecule has 0 unspecified atom stereocenters. The molecular weight excluding hydrogens is 232 g/mol. The molecule has 0 fully saturated rings. The van der Waals surface area contributed by atoms with E-state index in [1.807, 2.05) is 0 Å². The van der Waals surface area contributed by atoms with E-state index in [9.17, 15) is 4.79 Å². The van der Waals surface area contributed by atoms with Crippen molar-refractivity contribution >= 4 is 11.9 Å². The molecule has 19 heavy (non-hydrogen) atoms. The molecule has 0 bridgehead atoms. The number of hydrogen-bond acceptors (Lipinski definition) is 1. The quantitative estimate of drug-likeness (QED) is 0.278. The predicted octanol–water partition coefficient (Wildman–Crippen LogP) is 4.97. The molecule has 1 aromatic carbocycles. The second-order valence-corrected chi connectivity index (χ2v) is 4.71. The average Bonchev–Trinajstić information content (AvgIpc) is 2.46. The summed E-state index contributed by atoms with van der Waals surface area (Å²) in [6, 6.07) is 8.42. The van der Waals surface area contributed by atoms with E-state index in [1.165, 1.54) is 24.8 Å². The molecule has 0 heterocycles. The summed E-state index contributed by atoms with van der Waals surface area (Å²) in [6.45, 7) is 4.35. The van der Waals surface area contributed by atoms with Gasteiger partial charge in [0, 0.05) is 0 Å². The molecule has 0 amide bonds. The fourth-order valence-electron chi connectivity index (χ4n) is 1.98. The van der Waals surface area contributed by atoms with Crippen molar-refractivity contribution < 1.29 is 4.79 Å². The Morgan fingerprint density at radius 3 is 2.42 bits per heavy atom. The van der Waals surface area contributed by atoms with Crippen LogP contribution in [0, 0.1) is 0 Å². The van der Waals surface area contributed by atoms with E-state index < -0.39 is 0 Å². The Hall–Kier alpha value is -1.63. The lowest BCUT2D eigenvalue weighted by Gasteiger charge is -2.03. The highest BCUT2D eigenvalue weighted by Gasteiger charge is 1.97. The summed E-state index contributed by atoms with van der Waals surface area (Å²) in [7, 11) is 0. The number of hydrogen-bond donors (Lipinski definition) is 0. The summed E-state index contributed by atoms with van der Waals surface area (Å²) in [5.74, 6) is 0. The summed E-state index contributed by atoms with van der Waals surface area (Å²) in [5, 5.41) is 0. The largest absolute Gasteiger partial charge is 0.299 e. The number of rotatable bonds is 8. The highest BCUT2D eigenvalue weighted by Crippen LogP contribution is 2.17. The highest BCUT2D eigenvalue weighted by atomic mass is 16.1. The van der Waals surface area contributed by atoms with Gasteiger partial charge in [0.2, 0.25) is 0 Å². The van der Waals surface area contributed by atoms with Crippen LogP contribution in [0.2, 0.25) is 0 Å². The van der Waals surface area contributed by atoms with Crippen LogP contribution in [0.3, 0.4) is 0 Å². The molecule has 0 N–H and O–H groups in total. The first-order valence-corrected chi connectivity index (χ1v) is 7.23. The third kappa shape index (κ3) is 5.69. The third-order valence-corrected chi connectivity index (χ3v) is 3.21. The first-order chi connectivity index (χ1) is 9.31. The Balaban J connectivity index is 2.71. The monoisotopic (exact) mass is 256 g/mol. The Labute approximate surface area is 117 Å². The van der Waals surface area contributed by atoms with Crippen LogP contribution in [-0.2, 0) is 11.2 Å². The van der Waals surface area contributed by atoms with Crippen molar-refractivity contribution in [1.29, 1.82) is 0 Å². The molecule has 0 radical (unpaired) electrons. The fourth-order valence-corrected chi connectivity index (χ4v) is 1.98. The van der Waals surface area contributed by atoms with Gasteiger partial charge in [0.05, 0.1) is 0 Å². The minimum absolute atomic E-state index is 0.861. The van der Waals surface area contributed by atoms with Crippen LogP contribution in [0.1, 0.15) is 50.7 Å². The molecule has 0 aromatic heterocycles. The molecule has 102 valence electrons. The number of allylic oxidation sites excluding steroid dienone is 4. The summed E-state index contributed by atoms with van der Waals surface area (Å²) in [6.07, 6.45) is 12.6. The predicted molar refractivity (Wildman–Crippen MR) is 83.1 cm³/mol. The topological polar surface area (TPSA) is 17.1 Å². The van der Waals surface area contributed by atoms with Gasteiger partial charge in [-0.05, 0) is 42.0 Å². The minimum Gasteiger partial charge on any atom is -0.299 e. The molecule has 0 aliphatic carbocycles. The molecule has 0 saturated heterocycles. The molecule has 0 spiro atoms. The first kappa shape index (κ1) is 15.4. The molecule has 1 nitrogen and oxygen atoms in total. The van der Waals surface area contributed by atoms with Crippen LogP contribution in [0.5, 0.6) is 0 Å². The van der Waals surface area contributed by atoms with Crippen molar-refractivity contribution in [1.82, 2.24) is 0 Å². The lowest BCUT2D eigenvalue weighted by Crippen LogP contribution is -1.85. The van der Waals surface area contributed by atoms with Gasteiger partial charge in [0.15, 0.2) is 0 Å². The molecule has 1 aromatic rings. The molecule has 1 rings (SSSR count). The maximum absolute atomic E-state index is 10.7. The van der Waals surface area contributed by atoms with Gasteiger partial charge in [-0.15, -0.1) is 0 Å². The van der Waals surface area contributed by atoms with Crippen molar-refractivity contribution in [2.75, 3.05) is 0 Å². The normalized spacial score (nSPS) is 12.0. The van der Waals surface area contributed by atoms with E-state index in [2.05, 4.69) is 50.3 Å². The zero-order valence-electron chi connectivity index (χ0n) is 12.1. The molecule has 0 saturated carbocycles. The summed E-state index contributed by atoms with van der Waals surface area (Å²) in [5.41, 5.74) is 3.42. The lowest BCUT2D eigenvalue weighted by atomic mass is 10.0. The third-order valence-electron chi connectivity index (χ3n) is 3.21. The van der Waals surface area contributed by atoms with Crippen molar-refractivity contribution in [3.63, 3.8) is 0 Å². The first-order valence-electron chi connectivity index (χ1n) is 7.23. The molecule has 0 atom stereocenters. The van der Waals surface area contributed by atoms with Gasteiger partial charge in [0.1, 0.15) is 6.29 Å². The van der Waals surface area contributed by atoms with E-state index in [1.54, 1.807) is 6.08 Å². The zero-order chi connectivity index (χ0) is 13.9. The van der Waals surface area contributed by atoms with E-state index >= 15 is 0 Å². The van der Waals surface area contributed by atoms with E-state index in [0.717, 1.165) is 30.3 Å². The van der Waals surface area contributed by atoms with Gasteiger partial charge >= 0.3 is 0 Å². The maximum atomic E-state index is 10.7. The average molecular weight is 256 g/mol. The van der Waals surface area contributed by atoms with Gasteiger partial charge in [-0.2, -0.15) is 0 Å². The number of aldehydes is 1. The molecule has 0 aliphatic heterocycles. The Morgan fingerprint density at radius 2 is 1.84 bits per heavy atom. The second-order valence-electron chi connectivity index (χ2n) is 4.71. The number of carbonyl (C=O) groups is 1. The lowest BCUT2D eigenvalue weighted by molar-refractivity contribution is -0.104. The summed E-state index contributed by atoms with van der Waals surface area (Å²) < 4.78 is 0. The van der Waals surface area contributed by atoms with Gasteiger partial charge in [-0.3, -0.25) is 4.79 Å². The number of carbonyl (C=O) groups excluding carboxylic acids is 1. The van der Waals surface area contributed by atoms with Crippen molar-refractivity contribution in [3.8, 4) is 0 Å². The SMILES string of the molecule is CCCCCC=CC(=CC=O)c1ccc(CC)cc1. The standard InChI is InChI=1S/C18H24O/c1-3-5-6-7-8-9-17(14-15-19)18-12-10-16(4-2)11-13-18/h8-15H,3-7H2,1-2H3. The maximum Gasteiger partial charge on any atom is 0.143 e. The zero-order valence-corrected chi connectivity index (χ0v) is 12.1. The van der Waals surface area contributed by atoms with Crippen LogP contribution < -0.4 is 0 Å². The molecule has 1 heteroatoms. The Morgan fingerprint density at radius 1 is 1.11 bits per heavy atom. The van der Waals surface area contributed by atoms with Crippen LogP contribution in [0.25, 0.3) is 5.57 Å². The van der Waals surface area contributed by atoms with Crippen LogP contribution >= 0.6 is 0 Å².